The SMILES string of the molecule is CCOc1cc(CCCN=C(N)Nc2cccc(C)c2)ccc1OC. The minimum Gasteiger partial charge on any atom is -0.493 e. The highest BCUT2D eigenvalue weighted by atomic mass is 16.5. The lowest BCUT2D eigenvalue weighted by molar-refractivity contribution is 0.310. The molecule has 0 aliphatic heterocycles. The van der Waals surface area contributed by atoms with Gasteiger partial charge < -0.3 is 20.5 Å². The lowest BCUT2D eigenvalue weighted by atomic mass is 10.1. The molecule has 0 bridgehead atoms. The van der Waals surface area contributed by atoms with Crippen LogP contribution in [0.2, 0.25) is 0 Å². The van der Waals surface area contributed by atoms with Gasteiger partial charge in [0.25, 0.3) is 0 Å². The Labute approximate surface area is 149 Å². The van der Waals surface area contributed by atoms with Crippen LogP contribution in [0.1, 0.15) is 24.5 Å². The standard InChI is InChI=1S/C20H27N3O2/c1-4-25-19-14-16(10-11-18(19)24-3)8-6-12-22-20(21)23-17-9-5-7-15(2)13-17/h5,7,9-11,13-14H,4,6,8,12H2,1-3H3,(H3,21,22,23). The van der Waals surface area contributed by atoms with E-state index in [0.29, 0.717) is 19.1 Å². The highest BCUT2D eigenvalue weighted by Gasteiger charge is 2.05. The zero-order valence-corrected chi connectivity index (χ0v) is 15.2. The Bertz CT molecular complexity index is 714. The Morgan fingerprint density at radius 1 is 1.16 bits per heavy atom. The Morgan fingerprint density at radius 3 is 2.72 bits per heavy atom. The molecule has 5 heteroatoms. The number of nitrogens with two attached hydrogens (primary N) is 1. The number of hydrogen-bond acceptors (Lipinski definition) is 3. The van der Waals surface area contributed by atoms with E-state index in [4.69, 9.17) is 15.2 Å². The van der Waals surface area contributed by atoms with Crippen LogP contribution in [0.25, 0.3) is 0 Å². The van der Waals surface area contributed by atoms with Crippen LogP contribution in [-0.2, 0) is 6.42 Å². The van der Waals surface area contributed by atoms with E-state index in [0.717, 1.165) is 30.0 Å². The van der Waals surface area contributed by atoms with Crippen LogP contribution in [0, 0.1) is 6.92 Å². The normalized spacial score (nSPS) is 11.2. The molecular weight excluding hydrogens is 314 g/mol. The van der Waals surface area contributed by atoms with Gasteiger partial charge in [0.1, 0.15) is 0 Å². The Morgan fingerprint density at radius 2 is 2.00 bits per heavy atom. The summed E-state index contributed by atoms with van der Waals surface area (Å²) < 4.78 is 10.9. The van der Waals surface area contributed by atoms with E-state index in [9.17, 15) is 0 Å². The van der Waals surface area contributed by atoms with E-state index >= 15 is 0 Å². The molecule has 0 heterocycles. The number of hydrogen-bond donors (Lipinski definition) is 2. The van der Waals surface area contributed by atoms with E-state index in [-0.39, 0.29) is 0 Å². The van der Waals surface area contributed by atoms with Gasteiger partial charge in [0.05, 0.1) is 13.7 Å². The van der Waals surface area contributed by atoms with Crippen LogP contribution >= 0.6 is 0 Å². The van der Waals surface area contributed by atoms with Crippen molar-refractivity contribution in [3.8, 4) is 11.5 Å². The van der Waals surface area contributed by atoms with Crippen molar-refractivity contribution >= 4 is 11.6 Å². The van der Waals surface area contributed by atoms with Gasteiger partial charge in [-0.25, -0.2) is 0 Å². The number of methoxy groups -OCH3 is 1. The van der Waals surface area contributed by atoms with Crippen molar-refractivity contribution in [2.75, 3.05) is 25.6 Å². The number of anilines is 1. The molecule has 3 N–H and O–H groups in total. The first-order valence-corrected chi connectivity index (χ1v) is 8.55. The lowest BCUT2D eigenvalue weighted by Crippen LogP contribution is -2.22. The molecule has 0 aliphatic carbocycles. The van der Waals surface area contributed by atoms with Crippen molar-refractivity contribution in [1.82, 2.24) is 0 Å². The molecule has 0 amide bonds. The molecule has 0 atom stereocenters. The minimum atomic E-state index is 0.440. The van der Waals surface area contributed by atoms with Crippen molar-refractivity contribution in [2.45, 2.75) is 26.7 Å². The number of nitrogens with one attached hydrogen (secondary N) is 1. The lowest BCUT2D eigenvalue weighted by Gasteiger charge is -2.11. The third kappa shape index (κ3) is 6.03. The van der Waals surface area contributed by atoms with Crippen LogP contribution in [0.3, 0.4) is 0 Å². The molecule has 0 radical (unpaired) electrons. The monoisotopic (exact) mass is 341 g/mol. The summed E-state index contributed by atoms with van der Waals surface area (Å²) in [5.41, 5.74) is 9.28. The molecule has 0 saturated heterocycles. The maximum absolute atomic E-state index is 5.94. The maximum Gasteiger partial charge on any atom is 0.193 e. The number of rotatable bonds is 8. The third-order valence-corrected chi connectivity index (χ3v) is 3.72. The second-order valence-electron chi connectivity index (χ2n) is 5.78. The van der Waals surface area contributed by atoms with Gasteiger partial charge in [0.2, 0.25) is 0 Å². The van der Waals surface area contributed by atoms with Crippen LogP contribution in [0.15, 0.2) is 47.5 Å². The topological polar surface area (TPSA) is 68.9 Å². The van der Waals surface area contributed by atoms with Gasteiger partial charge in [-0.15, -0.1) is 0 Å². The van der Waals surface area contributed by atoms with Crippen LogP contribution in [0.5, 0.6) is 11.5 Å². The first kappa shape index (κ1) is 18.6. The van der Waals surface area contributed by atoms with Gasteiger partial charge >= 0.3 is 0 Å². The average Bonchev–Trinajstić information content (AvgIpc) is 2.59. The number of ether oxygens (including phenoxy) is 2. The second kappa shape index (κ2) is 9.57. The quantitative estimate of drug-likeness (QED) is 0.436. The average molecular weight is 341 g/mol. The van der Waals surface area contributed by atoms with Crippen molar-refractivity contribution in [1.29, 1.82) is 0 Å². The Hall–Kier alpha value is -2.69. The van der Waals surface area contributed by atoms with Gasteiger partial charge in [-0.3, -0.25) is 4.99 Å². The summed E-state index contributed by atoms with van der Waals surface area (Å²) in [6.07, 6.45) is 1.82. The molecule has 5 nitrogen and oxygen atoms in total. The minimum absolute atomic E-state index is 0.440. The molecule has 2 aromatic rings. The summed E-state index contributed by atoms with van der Waals surface area (Å²) in [6.45, 7) is 5.29. The van der Waals surface area contributed by atoms with E-state index in [1.807, 2.05) is 50.2 Å². The van der Waals surface area contributed by atoms with E-state index in [1.165, 1.54) is 11.1 Å². The number of aliphatic imine (C=N–C) groups is 1. The molecule has 0 aliphatic rings. The van der Waals surface area contributed by atoms with Crippen molar-refractivity contribution < 1.29 is 9.47 Å². The Kier molecular flexibility index (Phi) is 7.14. The van der Waals surface area contributed by atoms with Gasteiger partial charge in [-0.05, 0) is 62.1 Å². The molecule has 0 unspecified atom stereocenters. The predicted molar refractivity (Wildman–Crippen MR) is 104 cm³/mol. The highest BCUT2D eigenvalue weighted by Crippen LogP contribution is 2.28. The van der Waals surface area contributed by atoms with Gasteiger partial charge in [-0.1, -0.05) is 18.2 Å². The zero-order valence-electron chi connectivity index (χ0n) is 15.2. The second-order valence-corrected chi connectivity index (χ2v) is 5.78. The fourth-order valence-corrected chi connectivity index (χ4v) is 2.54. The van der Waals surface area contributed by atoms with Gasteiger partial charge in [-0.2, -0.15) is 0 Å². The number of nitrogens with zero attached hydrogens (tertiary/aromatic N) is 1. The summed E-state index contributed by atoms with van der Waals surface area (Å²) >= 11 is 0. The number of benzene rings is 2. The molecule has 2 rings (SSSR count). The first-order valence-electron chi connectivity index (χ1n) is 8.55. The first-order chi connectivity index (χ1) is 12.1. The predicted octanol–water partition coefficient (Wildman–Crippen LogP) is 3.76. The fourth-order valence-electron chi connectivity index (χ4n) is 2.54. The smallest absolute Gasteiger partial charge is 0.193 e. The Balaban J connectivity index is 1.84. The third-order valence-electron chi connectivity index (χ3n) is 3.72. The summed E-state index contributed by atoms with van der Waals surface area (Å²) in [6, 6.07) is 14.1. The molecule has 0 fully saturated rings. The fraction of sp³-hybridized carbons (Fsp3) is 0.350. The van der Waals surface area contributed by atoms with Crippen molar-refractivity contribution in [3.63, 3.8) is 0 Å². The van der Waals surface area contributed by atoms with Crippen molar-refractivity contribution in [2.24, 2.45) is 10.7 Å². The molecule has 0 aromatic heterocycles. The maximum atomic E-state index is 5.94. The molecule has 25 heavy (non-hydrogen) atoms. The number of guanidine groups is 1. The molecule has 2 aromatic carbocycles. The summed E-state index contributed by atoms with van der Waals surface area (Å²) in [5, 5.41) is 3.11. The molecular formula is C20H27N3O2. The van der Waals surface area contributed by atoms with Crippen molar-refractivity contribution in [3.05, 3.63) is 53.6 Å². The molecule has 0 saturated carbocycles. The van der Waals surface area contributed by atoms with Crippen LogP contribution in [-0.4, -0.2) is 26.2 Å². The van der Waals surface area contributed by atoms with Crippen LogP contribution < -0.4 is 20.5 Å². The summed E-state index contributed by atoms with van der Waals surface area (Å²) in [4.78, 5) is 4.38. The molecule has 0 spiro atoms. The van der Waals surface area contributed by atoms with Crippen LogP contribution in [0.4, 0.5) is 5.69 Å². The zero-order chi connectivity index (χ0) is 18.1. The summed E-state index contributed by atoms with van der Waals surface area (Å²) in [7, 11) is 1.65. The number of aryl methyl sites for hydroxylation is 2. The van der Waals surface area contributed by atoms with E-state index in [1.54, 1.807) is 7.11 Å². The highest BCUT2D eigenvalue weighted by molar-refractivity contribution is 5.92. The summed E-state index contributed by atoms with van der Waals surface area (Å²) in [5.74, 6) is 1.98. The van der Waals surface area contributed by atoms with E-state index < -0.39 is 0 Å². The van der Waals surface area contributed by atoms with Gasteiger partial charge in [0.15, 0.2) is 17.5 Å². The van der Waals surface area contributed by atoms with Gasteiger partial charge in [0, 0.05) is 12.2 Å². The largest absolute Gasteiger partial charge is 0.493 e. The molecule has 134 valence electrons. The van der Waals surface area contributed by atoms with E-state index in [2.05, 4.69) is 16.4 Å².